The summed E-state index contributed by atoms with van der Waals surface area (Å²) in [6, 6.07) is 1.22. The summed E-state index contributed by atoms with van der Waals surface area (Å²) in [6.07, 6.45) is 3.73. The summed E-state index contributed by atoms with van der Waals surface area (Å²) in [5.74, 6) is 0.300. The first-order valence-electron chi connectivity index (χ1n) is 7.00. The van der Waals surface area contributed by atoms with Crippen LogP contribution in [0, 0.1) is 0 Å². The van der Waals surface area contributed by atoms with E-state index in [0.29, 0.717) is 24.5 Å². The maximum absolute atomic E-state index is 12.2. The van der Waals surface area contributed by atoms with Gasteiger partial charge in [0.25, 0.3) is 0 Å². The fourth-order valence-electron chi connectivity index (χ4n) is 3.17. The Bertz CT molecular complexity index is 257. The summed E-state index contributed by atoms with van der Waals surface area (Å²) < 4.78 is 0. The predicted octanol–water partition coefficient (Wildman–Crippen LogP) is 1.10. The van der Waals surface area contributed by atoms with Gasteiger partial charge in [-0.2, -0.15) is 0 Å². The van der Waals surface area contributed by atoms with Crippen LogP contribution in [-0.2, 0) is 4.79 Å². The second kappa shape index (κ2) is 7.31. The lowest BCUT2D eigenvalue weighted by atomic mass is 10.1. The number of nitrogens with one attached hydrogen (secondary N) is 1. The molecule has 2 aliphatic heterocycles. The van der Waals surface area contributed by atoms with Gasteiger partial charge in [0.15, 0.2) is 0 Å². The first kappa shape index (κ1) is 15.7. The normalized spacial score (nSPS) is 27.4. The van der Waals surface area contributed by atoms with Gasteiger partial charge in [-0.15, -0.1) is 12.4 Å². The van der Waals surface area contributed by atoms with E-state index in [-0.39, 0.29) is 12.4 Å². The van der Waals surface area contributed by atoms with Gasteiger partial charge in [0, 0.05) is 31.7 Å². The van der Waals surface area contributed by atoms with Crippen molar-refractivity contribution in [2.75, 3.05) is 32.7 Å². The molecule has 2 aliphatic rings. The van der Waals surface area contributed by atoms with E-state index in [9.17, 15) is 4.79 Å². The van der Waals surface area contributed by atoms with Crippen molar-refractivity contribution in [2.24, 2.45) is 0 Å². The molecule has 2 heterocycles. The molecule has 0 radical (unpaired) electrons. The number of hydrogen-bond donors (Lipinski definition) is 1. The smallest absolute Gasteiger partial charge is 0.236 e. The van der Waals surface area contributed by atoms with Crippen molar-refractivity contribution in [3.63, 3.8) is 0 Å². The van der Waals surface area contributed by atoms with E-state index >= 15 is 0 Å². The summed E-state index contributed by atoms with van der Waals surface area (Å²) in [4.78, 5) is 16.6. The third-order valence-corrected chi connectivity index (χ3v) is 4.24. The van der Waals surface area contributed by atoms with Crippen molar-refractivity contribution in [3.8, 4) is 0 Å². The van der Waals surface area contributed by atoms with Gasteiger partial charge in [0.2, 0.25) is 5.91 Å². The molecule has 0 aromatic heterocycles. The zero-order valence-electron chi connectivity index (χ0n) is 11.5. The van der Waals surface area contributed by atoms with E-state index in [0.717, 1.165) is 26.2 Å². The zero-order chi connectivity index (χ0) is 12.3. The van der Waals surface area contributed by atoms with E-state index in [1.165, 1.54) is 19.3 Å². The number of rotatable bonds is 4. The molecule has 2 fully saturated rings. The lowest BCUT2D eigenvalue weighted by molar-refractivity contribution is -0.132. The van der Waals surface area contributed by atoms with Crippen molar-refractivity contribution in [3.05, 3.63) is 0 Å². The molecular weight excluding hydrogens is 250 g/mol. The zero-order valence-corrected chi connectivity index (χ0v) is 12.3. The topological polar surface area (TPSA) is 35.6 Å². The molecule has 4 nitrogen and oxygen atoms in total. The lowest BCUT2D eigenvalue weighted by Gasteiger charge is -2.29. The highest BCUT2D eigenvalue weighted by Crippen LogP contribution is 2.27. The largest absolute Gasteiger partial charge is 0.342 e. The van der Waals surface area contributed by atoms with Crippen molar-refractivity contribution in [1.29, 1.82) is 0 Å². The summed E-state index contributed by atoms with van der Waals surface area (Å²) in [5, 5.41) is 3.47. The first-order valence-corrected chi connectivity index (χ1v) is 7.00. The Kier molecular flexibility index (Phi) is 6.39. The fourth-order valence-corrected chi connectivity index (χ4v) is 3.17. The number of fused-ring (bicyclic) bond motifs is 2. The molecule has 2 rings (SSSR count). The van der Waals surface area contributed by atoms with Gasteiger partial charge in [-0.05, 0) is 39.7 Å². The average molecular weight is 276 g/mol. The third-order valence-electron chi connectivity index (χ3n) is 4.24. The Balaban J connectivity index is 0.00000162. The summed E-state index contributed by atoms with van der Waals surface area (Å²) in [5.41, 5.74) is 0. The van der Waals surface area contributed by atoms with Crippen LogP contribution in [0.2, 0.25) is 0 Å². The molecule has 2 bridgehead atoms. The molecule has 18 heavy (non-hydrogen) atoms. The molecular formula is C13H26ClN3O. The third kappa shape index (κ3) is 3.37. The van der Waals surface area contributed by atoms with Gasteiger partial charge in [-0.1, -0.05) is 0 Å². The Labute approximate surface area is 116 Å². The van der Waals surface area contributed by atoms with Crippen molar-refractivity contribution >= 4 is 18.3 Å². The first-order chi connectivity index (χ1) is 8.26. The van der Waals surface area contributed by atoms with Crippen molar-refractivity contribution in [2.45, 2.75) is 45.2 Å². The Morgan fingerprint density at radius 1 is 1.22 bits per heavy atom. The molecule has 2 saturated heterocycles. The molecule has 2 atom stereocenters. The van der Waals surface area contributed by atoms with E-state index in [4.69, 9.17) is 0 Å². The minimum absolute atomic E-state index is 0. The standard InChI is InChI=1S/C13H25N3O.ClH/c1-3-15(4-2)13(17)10-16-11-5-6-12(16)9-14-8-7-11;/h11-12,14H,3-10H2,1-2H3;1H. The Hall–Kier alpha value is -0.320. The minimum Gasteiger partial charge on any atom is -0.342 e. The molecule has 1 amide bonds. The van der Waals surface area contributed by atoms with Crippen LogP contribution in [-0.4, -0.2) is 60.5 Å². The fraction of sp³-hybridized carbons (Fsp3) is 0.923. The molecule has 0 aromatic rings. The van der Waals surface area contributed by atoms with Crippen LogP contribution in [0.25, 0.3) is 0 Å². The van der Waals surface area contributed by atoms with Crippen LogP contribution >= 0.6 is 12.4 Å². The number of likely N-dealkylation sites (N-methyl/N-ethyl adjacent to an activating group) is 1. The maximum atomic E-state index is 12.2. The van der Waals surface area contributed by atoms with Crippen molar-refractivity contribution < 1.29 is 4.79 Å². The SMILES string of the molecule is CCN(CC)C(=O)CN1C2CCNCC1CC2.Cl. The van der Waals surface area contributed by atoms with Gasteiger partial charge in [0.05, 0.1) is 6.54 Å². The number of halogens is 1. The Morgan fingerprint density at radius 3 is 2.56 bits per heavy atom. The van der Waals surface area contributed by atoms with E-state index in [2.05, 4.69) is 24.1 Å². The molecule has 0 aromatic carbocycles. The molecule has 0 spiro atoms. The van der Waals surface area contributed by atoms with Crippen LogP contribution < -0.4 is 5.32 Å². The van der Waals surface area contributed by atoms with E-state index in [1.54, 1.807) is 0 Å². The maximum Gasteiger partial charge on any atom is 0.236 e. The molecule has 0 aliphatic carbocycles. The second-order valence-electron chi connectivity index (χ2n) is 5.12. The Morgan fingerprint density at radius 2 is 1.89 bits per heavy atom. The second-order valence-corrected chi connectivity index (χ2v) is 5.12. The molecule has 0 saturated carbocycles. The average Bonchev–Trinajstić information content (AvgIpc) is 2.54. The number of hydrogen-bond acceptors (Lipinski definition) is 3. The summed E-state index contributed by atoms with van der Waals surface area (Å²) in [7, 11) is 0. The van der Waals surface area contributed by atoms with Crippen LogP contribution in [0.15, 0.2) is 0 Å². The van der Waals surface area contributed by atoms with Gasteiger partial charge in [-0.25, -0.2) is 0 Å². The number of amides is 1. The monoisotopic (exact) mass is 275 g/mol. The predicted molar refractivity (Wildman–Crippen MR) is 76.2 cm³/mol. The van der Waals surface area contributed by atoms with Crippen molar-refractivity contribution in [1.82, 2.24) is 15.1 Å². The molecule has 106 valence electrons. The minimum atomic E-state index is 0. The number of nitrogens with zero attached hydrogens (tertiary/aromatic N) is 2. The van der Waals surface area contributed by atoms with Gasteiger partial charge >= 0.3 is 0 Å². The van der Waals surface area contributed by atoms with Crippen LogP contribution in [0.3, 0.4) is 0 Å². The highest BCUT2D eigenvalue weighted by atomic mass is 35.5. The molecule has 2 unspecified atom stereocenters. The summed E-state index contributed by atoms with van der Waals surface area (Å²) >= 11 is 0. The van der Waals surface area contributed by atoms with Crippen LogP contribution in [0.4, 0.5) is 0 Å². The van der Waals surface area contributed by atoms with E-state index < -0.39 is 0 Å². The van der Waals surface area contributed by atoms with Gasteiger partial charge < -0.3 is 10.2 Å². The molecule has 5 heteroatoms. The highest BCUT2D eigenvalue weighted by molar-refractivity contribution is 5.85. The van der Waals surface area contributed by atoms with E-state index in [1.807, 2.05) is 4.90 Å². The van der Waals surface area contributed by atoms with Crippen LogP contribution in [0.5, 0.6) is 0 Å². The highest BCUT2D eigenvalue weighted by Gasteiger charge is 2.36. The molecule has 1 N–H and O–H groups in total. The van der Waals surface area contributed by atoms with Gasteiger partial charge in [0.1, 0.15) is 0 Å². The van der Waals surface area contributed by atoms with Gasteiger partial charge in [-0.3, -0.25) is 9.69 Å². The lowest BCUT2D eigenvalue weighted by Crippen LogP contribution is -2.46. The van der Waals surface area contributed by atoms with Crippen LogP contribution in [0.1, 0.15) is 33.1 Å². The summed E-state index contributed by atoms with van der Waals surface area (Å²) in [6.45, 7) is 8.56. The quantitative estimate of drug-likeness (QED) is 0.835. The number of carbonyl (C=O) groups excluding carboxylic acids is 1. The number of carbonyl (C=O) groups is 1.